The summed E-state index contributed by atoms with van der Waals surface area (Å²) in [4.78, 5) is 37.9. The van der Waals surface area contributed by atoms with E-state index in [0.717, 1.165) is 25.2 Å². The topological polar surface area (TPSA) is 71.3 Å². The molecule has 142 valence electrons. The van der Waals surface area contributed by atoms with Crippen molar-refractivity contribution in [2.75, 3.05) is 19.6 Å². The normalized spacial score (nSPS) is 22.0. The van der Waals surface area contributed by atoms with E-state index < -0.39 is 0 Å². The number of hydrogen-bond donors (Lipinski definition) is 0. The zero-order valence-electron chi connectivity index (χ0n) is 15.6. The monoisotopic (exact) mass is 367 g/mol. The van der Waals surface area contributed by atoms with Crippen molar-refractivity contribution in [1.29, 1.82) is 0 Å². The largest absolute Gasteiger partial charge is 0.338 e. The van der Waals surface area contributed by atoms with Crippen LogP contribution in [0.3, 0.4) is 0 Å². The van der Waals surface area contributed by atoms with Crippen LogP contribution in [-0.2, 0) is 11.3 Å². The molecule has 7 heteroatoms. The number of imidazole rings is 1. The first-order chi connectivity index (χ1) is 13.1. The number of fused-ring (bicyclic) bond motifs is 4. The number of piperidine rings is 1. The second-order valence-electron chi connectivity index (χ2n) is 7.51. The molecule has 0 aliphatic carbocycles. The molecular weight excluding hydrogens is 342 g/mol. The van der Waals surface area contributed by atoms with Crippen LogP contribution in [0.1, 0.15) is 35.4 Å². The molecule has 2 bridgehead atoms. The summed E-state index contributed by atoms with van der Waals surface area (Å²) in [6.07, 6.45) is 9.47. The van der Waals surface area contributed by atoms with Crippen molar-refractivity contribution in [3.8, 4) is 0 Å². The number of carbonyl (C=O) groups excluding carboxylic acids is 2. The van der Waals surface area contributed by atoms with E-state index in [1.54, 1.807) is 30.7 Å². The number of nitrogens with zero attached hydrogens (tertiary/aromatic N) is 5. The van der Waals surface area contributed by atoms with Gasteiger partial charge in [-0.3, -0.25) is 14.6 Å². The van der Waals surface area contributed by atoms with Crippen LogP contribution in [0, 0.1) is 12.8 Å². The van der Waals surface area contributed by atoms with Crippen LogP contribution >= 0.6 is 0 Å². The summed E-state index contributed by atoms with van der Waals surface area (Å²) < 4.78 is 2.01. The van der Waals surface area contributed by atoms with E-state index in [4.69, 9.17) is 0 Å². The minimum absolute atomic E-state index is 0.0170. The number of amides is 2. The molecule has 0 aromatic carbocycles. The van der Waals surface area contributed by atoms with Crippen molar-refractivity contribution >= 4 is 11.8 Å². The second-order valence-corrected chi connectivity index (χ2v) is 7.51. The molecule has 3 aliphatic rings. The molecule has 27 heavy (non-hydrogen) atoms. The van der Waals surface area contributed by atoms with Crippen LogP contribution in [-0.4, -0.2) is 61.8 Å². The van der Waals surface area contributed by atoms with Crippen molar-refractivity contribution in [2.24, 2.45) is 5.92 Å². The molecule has 0 spiro atoms. The van der Waals surface area contributed by atoms with Crippen molar-refractivity contribution in [3.63, 3.8) is 0 Å². The molecule has 3 fully saturated rings. The van der Waals surface area contributed by atoms with Gasteiger partial charge in [-0.25, -0.2) is 4.98 Å². The Balaban J connectivity index is 1.42. The van der Waals surface area contributed by atoms with E-state index in [1.807, 2.05) is 27.5 Å². The third-order valence-corrected chi connectivity index (χ3v) is 5.72. The minimum Gasteiger partial charge on any atom is -0.338 e. The molecule has 2 aromatic heterocycles. The van der Waals surface area contributed by atoms with Crippen molar-refractivity contribution in [2.45, 2.75) is 38.8 Å². The Labute approximate surface area is 159 Å². The number of carbonyl (C=O) groups is 2. The summed E-state index contributed by atoms with van der Waals surface area (Å²) in [5.41, 5.74) is 0.618. The molecule has 2 aromatic rings. The summed E-state index contributed by atoms with van der Waals surface area (Å²) >= 11 is 0. The van der Waals surface area contributed by atoms with Crippen molar-refractivity contribution in [1.82, 2.24) is 24.3 Å². The zero-order valence-corrected chi connectivity index (χ0v) is 15.6. The molecular formula is C20H25N5O2. The molecule has 0 unspecified atom stereocenters. The van der Waals surface area contributed by atoms with Gasteiger partial charge in [0.15, 0.2) is 0 Å². The minimum atomic E-state index is 0.0170. The summed E-state index contributed by atoms with van der Waals surface area (Å²) in [5, 5.41) is 0. The van der Waals surface area contributed by atoms with Gasteiger partial charge in [-0.2, -0.15) is 0 Å². The van der Waals surface area contributed by atoms with Gasteiger partial charge < -0.3 is 14.4 Å². The Morgan fingerprint density at radius 3 is 2.81 bits per heavy atom. The predicted molar refractivity (Wildman–Crippen MR) is 99.9 cm³/mol. The van der Waals surface area contributed by atoms with Gasteiger partial charge >= 0.3 is 0 Å². The molecule has 0 saturated carbocycles. The number of pyridine rings is 1. The molecule has 7 nitrogen and oxygen atoms in total. The molecule has 0 N–H and O–H groups in total. The number of hydrogen-bond acceptors (Lipinski definition) is 4. The van der Waals surface area contributed by atoms with Gasteiger partial charge in [0.1, 0.15) is 5.82 Å². The lowest BCUT2D eigenvalue weighted by molar-refractivity contribution is -0.135. The van der Waals surface area contributed by atoms with E-state index in [9.17, 15) is 9.59 Å². The quantitative estimate of drug-likeness (QED) is 0.825. The van der Waals surface area contributed by atoms with Crippen LogP contribution in [0.2, 0.25) is 0 Å². The highest BCUT2D eigenvalue weighted by Gasteiger charge is 2.38. The fourth-order valence-corrected chi connectivity index (χ4v) is 4.22. The number of aryl methyl sites for hydroxylation is 2. The molecule has 3 aliphatic heterocycles. The fourth-order valence-electron chi connectivity index (χ4n) is 4.22. The Hall–Kier alpha value is -2.70. The van der Waals surface area contributed by atoms with Gasteiger partial charge in [-0.1, -0.05) is 0 Å². The fraction of sp³-hybridized carbons (Fsp3) is 0.500. The Morgan fingerprint density at radius 1 is 1.19 bits per heavy atom. The molecule has 3 saturated heterocycles. The zero-order chi connectivity index (χ0) is 18.8. The maximum absolute atomic E-state index is 12.9. The van der Waals surface area contributed by atoms with E-state index in [2.05, 4.69) is 9.97 Å². The van der Waals surface area contributed by atoms with Crippen LogP contribution in [0.25, 0.3) is 0 Å². The first-order valence-electron chi connectivity index (χ1n) is 9.58. The third kappa shape index (κ3) is 3.72. The van der Waals surface area contributed by atoms with Gasteiger partial charge in [0, 0.05) is 63.4 Å². The lowest BCUT2D eigenvalue weighted by Crippen LogP contribution is -2.47. The van der Waals surface area contributed by atoms with Gasteiger partial charge in [-0.15, -0.1) is 0 Å². The molecule has 2 atom stereocenters. The Morgan fingerprint density at radius 2 is 2.07 bits per heavy atom. The molecule has 0 radical (unpaired) electrons. The lowest BCUT2D eigenvalue weighted by Gasteiger charge is -2.36. The first-order valence-corrected chi connectivity index (χ1v) is 9.58. The molecule has 5 rings (SSSR count). The van der Waals surface area contributed by atoms with Crippen molar-refractivity contribution < 1.29 is 9.59 Å². The van der Waals surface area contributed by atoms with E-state index in [1.165, 1.54) is 0 Å². The van der Waals surface area contributed by atoms with Gasteiger partial charge in [-0.05, 0) is 37.8 Å². The highest BCUT2D eigenvalue weighted by molar-refractivity contribution is 5.94. The van der Waals surface area contributed by atoms with E-state index >= 15 is 0 Å². The maximum atomic E-state index is 12.9. The molecule has 2 amide bonds. The maximum Gasteiger partial charge on any atom is 0.255 e. The highest BCUT2D eigenvalue weighted by Crippen LogP contribution is 2.29. The summed E-state index contributed by atoms with van der Waals surface area (Å²) in [5.74, 6) is 1.47. The summed E-state index contributed by atoms with van der Waals surface area (Å²) in [7, 11) is 0. The number of aromatic nitrogens is 3. The van der Waals surface area contributed by atoms with Crippen LogP contribution < -0.4 is 0 Å². The van der Waals surface area contributed by atoms with Crippen molar-refractivity contribution in [3.05, 3.63) is 48.3 Å². The van der Waals surface area contributed by atoms with Crippen LogP contribution in [0.5, 0.6) is 0 Å². The molecule has 5 heterocycles. The average molecular weight is 367 g/mol. The predicted octanol–water partition coefficient (Wildman–Crippen LogP) is 1.74. The number of rotatable bonds is 4. The third-order valence-electron chi connectivity index (χ3n) is 5.72. The first kappa shape index (κ1) is 17.7. The highest BCUT2D eigenvalue weighted by atomic mass is 16.2. The van der Waals surface area contributed by atoms with Gasteiger partial charge in [0.05, 0.1) is 5.56 Å². The van der Waals surface area contributed by atoms with Crippen LogP contribution in [0.15, 0.2) is 36.9 Å². The van der Waals surface area contributed by atoms with Gasteiger partial charge in [0.25, 0.3) is 5.91 Å². The Bertz CT molecular complexity index is 819. The smallest absolute Gasteiger partial charge is 0.255 e. The van der Waals surface area contributed by atoms with Gasteiger partial charge in [0.2, 0.25) is 5.91 Å². The average Bonchev–Trinajstić information content (AvgIpc) is 2.91. The second kappa shape index (κ2) is 7.50. The van der Waals surface area contributed by atoms with Crippen LogP contribution in [0.4, 0.5) is 0 Å². The SMILES string of the molecule is Cc1nccn1CCC(=O)N1C[C@H]2CC[C@@H]1CN(C(=O)c1cccnc1)C2. The Kier molecular flexibility index (Phi) is 4.92. The van der Waals surface area contributed by atoms with E-state index in [-0.39, 0.29) is 17.9 Å². The standard InChI is InChI=1S/C20H25N5O2/c1-15-22-8-10-23(15)9-6-19(26)25-13-16-4-5-18(25)14-24(12-16)20(27)17-3-2-7-21-11-17/h2-3,7-8,10-11,16,18H,4-6,9,12-14H2,1H3/t16-,18+/m0/s1. The summed E-state index contributed by atoms with van der Waals surface area (Å²) in [6.45, 7) is 4.68. The summed E-state index contributed by atoms with van der Waals surface area (Å²) in [6, 6.07) is 3.70. The lowest BCUT2D eigenvalue weighted by atomic mass is 9.94. The van der Waals surface area contributed by atoms with E-state index in [0.29, 0.717) is 37.5 Å².